The minimum absolute atomic E-state index is 0.707. The van der Waals surface area contributed by atoms with Gasteiger partial charge in [0.15, 0.2) is 0 Å². The van der Waals surface area contributed by atoms with Gasteiger partial charge in [-0.2, -0.15) is 4.57 Å². The number of benzene rings is 1. The van der Waals surface area contributed by atoms with E-state index in [9.17, 15) is 0 Å². The number of imidazole rings is 1. The van der Waals surface area contributed by atoms with Gasteiger partial charge in [-0.3, -0.25) is 0 Å². The van der Waals surface area contributed by atoms with E-state index >= 15 is 0 Å². The van der Waals surface area contributed by atoms with Crippen molar-refractivity contribution in [1.82, 2.24) is 4.57 Å². The molecule has 2 aromatic rings. The van der Waals surface area contributed by atoms with E-state index in [1.165, 1.54) is 54.1 Å². The predicted octanol–water partition coefficient (Wildman–Crippen LogP) is 4.11. The van der Waals surface area contributed by atoms with Crippen LogP contribution < -0.4 is 4.57 Å². The Balaban J connectivity index is 2.18. The zero-order valence-corrected chi connectivity index (χ0v) is 13.1. The molecule has 1 aliphatic rings. The molecular formula is C18H25N2+. The Labute approximate surface area is 122 Å². The standard InChI is InChI=1S/C18H25N2/c1-13-9-5-8-12-18(13)20-15(3)14(2)19(16(20)4)17-10-6-7-11-17/h5,8-9,12,17H,6-7,10-11H2,1-4H3/q+1. The number of para-hydroxylation sites is 1. The summed E-state index contributed by atoms with van der Waals surface area (Å²) in [6, 6.07) is 9.39. The number of nitrogens with zero attached hydrogens (tertiary/aromatic N) is 2. The summed E-state index contributed by atoms with van der Waals surface area (Å²) in [5.74, 6) is 1.38. The Kier molecular flexibility index (Phi) is 3.41. The van der Waals surface area contributed by atoms with Crippen molar-refractivity contribution in [2.45, 2.75) is 59.4 Å². The molecule has 1 saturated carbocycles. The quantitative estimate of drug-likeness (QED) is 0.725. The third kappa shape index (κ3) is 1.98. The average Bonchev–Trinajstić information content (AvgIpc) is 3.01. The van der Waals surface area contributed by atoms with Gasteiger partial charge >= 0.3 is 0 Å². The smallest absolute Gasteiger partial charge is 0.229 e. The maximum absolute atomic E-state index is 2.58. The predicted molar refractivity (Wildman–Crippen MR) is 82.4 cm³/mol. The van der Waals surface area contributed by atoms with Crippen molar-refractivity contribution in [1.29, 1.82) is 0 Å². The molecule has 2 nitrogen and oxygen atoms in total. The molecule has 2 heteroatoms. The molecule has 106 valence electrons. The van der Waals surface area contributed by atoms with Gasteiger partial charge in [0.2, 0.25) is 0 Å². The molecule has 0 spiro atoms. The topological polar surface area (TPSA) is 8.81 Å². The van der Waals surface area contributed by atoms with Crippen LogP contribution in [0.1, 0.15) is 54.5 Å². The van der Waals surface area contributed by atoms with Crippen LogP contribution in [0.2, 0.25) is 0 Å². The van der Waals surface area contributed by atoms with Crippen molar-refractivity contribution in [3.8, 4) is 5.69 Å². The van der Waals surface area contributed by atoms with Crippen molar-refractivity contribution >= 4 is 0 Å². The molecule has 1 aliphatic carbocycles. The molecule has 20 heavy (non-hydrogen) atoms. The first kappa shape index (κ1) is 13.4. The van der Waals surface area contributed by atoms with Crippen LogP contribution in [0.5, 0.6) is 0 Å². The highest BCUT2D eigenvalue weighted by molar-refractivity contribution is 5.42. The van der Waals surface area contributed by atoms with Gasteiger partial charge in [-0.1, -0.05) is 18.2 Å². The lowest BCUT2D eigenvalue weighted by atomic mass is 10.2. The summed E-state index contributed by atoms with van der Waals surface area (Å²) in [4.78, 5) is 0. The van der Waals surface area contributed by atoms with E-state index < -0.39 is 0 Å². The summed E-state index contributed by atoms with van der Waals surface area (Å²) >= 11 is 0. The SMILES string of the molecule is Cc1ccccc1-n1c(C)c(C)[n+](C2CCCC2)c1C. The molecule has 0 aliphatic heterocycles. The lowest BCUT2D eigenvalue weighted by Gasteiger charge is -2.09. The first-order valence-corrected chi connectivity index (χ1v) is 7.77. The Morgan fingerprint density at radius 3 is 2.30 bits per heavy atom. The fraction of sp³-hybridized carbons (Fsp3) is 0.500. The van der Waals surface area contributed by atoms with Crippen LogP contribution in [0.15, 0.2) is 24.3 Å². The molecule has 1 heterocycles. The van der Waals surface area contributed by atoms with Crippen LogP contribution in [0.4, 0.5) is 0 Å². The maximum atomic E-state index is 2.58. The number of hydrogen-bond donors (Lipinski definition) is 0. The van der Waals surface area contributed by atoms with Gasteiger partial charge in [-0.15, -0.1) is 0 Å². The Bertz CT molecular complexity index is 631. The molecule has 0 radical (unpaired) electrons. The van der Waals surface area contributed by atoms with Crippen molar-refractivity contribution in [2.75, 3.05) is 0 Å². The number of aryl methyl sites for hydroxylation is 1. The van der Waals surface area contributed by atoms with E-state index in [0.717, 1.165) is 0 Å². The second kappa shape index (κ2) is 5.08. The zero-order valence-electron chi connectivity index (χ0n) is 13.1. The minimum Gasteiger partial charge on any atom is -0.229 e. The van der Waals surface area contributed by atoms with E-state index in [-0.39, 0.29) is 0 Å². The molecule has 0 N–H and O–H groups in total. The first-order valence-electron chi connectivity index (χ1n) is 7.77. The average molecular weight is 269 g/mol. The Morgan fingerprint density at radius 2 is 1.65 bits per heavy atom. The minimum atomic E-state index is 0.707. The molecule has 1 aromatic carbocycles. The second-order valence-electron chi connectivity index (χ2n) is 6.15. The second-order valence-corrected chi connectivity index (χ2v) is 6.15. The van der Waals surface area contributed by atoms with Crippen molar-refractivity contribution in [3.63, 3.8) is 0 Å². The lowest BCUT2D eigenvalue weighted by Crippen LogP contribution is -2.42. The molecule has 0 saturated heterocycles. The first-order chi connectivity index (χ1) is 9.61. The summed E-state index contributed by atoms with van der Waals surface area (Å²) in [5, 5.41) is 0. The van der Waals surface area contributed by atoms with Gasteiger partial charge in [0.25, 0.3) is 5.82 Å². The molecule has 0 bridgehead atoms. The molecule has 0 atom stereocenters. The van der Waals surface area contributed by atoms with Crippen LogP contribution in [-0.2, 0) is 0 Å². The number of hydrogen-bond acceptors (Lipinski definition) is 0. The summed E-state index contributed by atoms with van der Waals surface area (Å²) in [5.41, 5.74) is 5.47. The highest BCUT2D eigenvalue weighted by Crippen LogP contribution is 2.28. The zero-order chi connectivity index (χ0) is 14.3. The summed E-state index contributed by atoms with van der Waals surface area (Å²) in [6.45, 7) is 8.99. The van der Waals surface area contributed by atoms with E-state index in [1.54, 1.807) is 0 Å². The normalized spacial score (nSPS) is 16.0. The van der Waals surface area contributed by atoms with Gasteiger partial charge < -0.3 is 0 Å². The fourth-order valence-corrected chi connectivity index (χ4v) is 3.80. The monoisotopic (exact) mass is 269 g/mol. The van der Waals surface area contributed by atoms with E-state index in [2.05, 4.69) is 61.1 Å². The van der Waals surface area contributed by atoms with Crippen molar-refractivity contribution in [2.24, 2.45) is 0 Å². The highest BCUT2D eigenvalue weighted by atomic mass is 15.2. The lowest BCUT2D eigenvalue weighted by molar-refractivity contribution is -0.732. The van der Waals surface area contributed by atoms with E-state index in [0.29, 0.717) is 6.04 Å². The van der Waals surface area contributed by atoms with Gasteiger partial charge in [0.05, 0.1) is 0 Å². The Morgan fingerprint density at radius 1 is 1.00 bits per heavy atom. The molecule has 0 unspecified atom stereocenters. The van der Waals surface area contributed by atoms with Gasteiger partial charge in [-0.05, 0) is 44.2 Å². The summed E-state index contributed by atoms with van der Waals surface area (Å²) in [7, 11) is 0. The number of rotatable bonds is 2. The number of aromatic nitrogens is 2. The maximum Gasteiger partial charge on any atom is 0.259 e. The van der Waals surface area contributed by atoms with Gasteiger partial charge in [-0.25, -0.2) is 4.57 Å². The molecular weight excluding hydrogens is 244 g/mol. The van der Waals surface area contributed by atoms with Crippen LogP contribution in [0.25, 0.3) is 5.69 Å². The van der Waals surface area contributed by atoms with E-state index in [4.69, 9.17) is 0 Å². The molecule has 1 fully saturated rings. The van der Waals surface area contributed by atoms with Crippen LogP contribution in [0.3, 0.4) is 0 Å². The van der Waals surface area contributed by atoms with Crippen LogP contribution in [-0.4, -0.2) is 4.57 Å². The fourth-order valence-electron chi connectivity index (χ4n) is 3.80. The van der Waals surface area contributed by atoms with E-state index in [1.807, 2.05) is 0 Å². The third-order valence-electron chi connectivity index (χ3n) is 4.94. The highest BCUT2D eigenvalue weighted by Gasteiger charge is 2.31. The largest absolute Gasteiger partial charge is 0.259 e. The van der Waals surface area contributed by atoms with Crippen LogP contribution >= 0.6 is 0 Å². The van der Waals surface area contributed by atoms with Gasteiger partial charge in [0.1, 0.15) is 23.1 Å². The molecule has 0 amide bonds. The molecule has 3 rings (SSSR count). The summed E-state index contributed by atoms with van der Waals surface area (Å²) < 4.78 is 5.01. The Hall–Kier alpha value is -1.57. The van der Waals surface area contributed by atoms with Gasteiger partial charge in [0, 0.05) is 20.8 Å². The molecule has 1 aromatic heterocycles. The van der Waals surface area contributed by atoms with Crippen LogP contribution in [0, 0.1) is 27.7 Å². The summed E-state index contributed by atoms with van der Waals surface area (Å²) in [6.07, 6.45) is 5.43. The van der Waals surface area contributed by atoms with Crippen molar-refractivity contribution in [3.05, 3.63) is 47.0 Å². The van der Waals surface area contributed by atoms with Crippen molar-refractivity contribution < 1.29 is 4.57 Å². The third-order valence-corrected chi connectivity index (χ3v) is 4.94.